The van der Waals surface area contributed by atoms with Crippen LogP contribution in [0.5, 0.6) is 0 Å². The number of hydrogen-bond donors (Lipinski definition) is 3. The van der Waals surface area contributed by atoms with Gasteiger partial charge in [0.25, 0.3) is 0 Å². The number of rotatable bonds is 6. The number of nitrogens with one attached hydrogen (secondary N) is 3. The summed E-state index contributed by atoms with van der Waals surface area (Å²) in [4.78, 5) is 16.5. The largest absolute Gasteiger partial charge is 0.338 e. The van der Waals surface area contributed by atoms with Gasteiger partial charge in [0.15, 0.2) is 5.65 Å². The number of alkyl halides is 1. The number of anilines is 1. The second-order valence-corrected chi connectivity index (χ2v) is 8.57. The molecular weight excluding hydrogens is 424 g/mol. The van der Waals surface area contributed by atoms with E-state index in [1.165, 1.54) is 19.9 Å². The first-order valence-corrected chi connectivity index (χ1v) is 10.6. The molecule has 0 spiro atoms. The van der Waals surface area contributed by atoms with E-state index < -0.39 is 17.5 Å². The molecule has 0 unspecified atom stereocenters. The van der Waals surface area contributed by atoms with E-state index in [2.05, 4.69) is 25.8 Å². The van der Waals surface area contributed by atoms with E-state index in [1.807, 2.05) is 37.3 Å². The maximum absolute atomic E-state index is 14.6. The molecule has 0 aliphatic carbocycles. The monoisotopic (exact) mass is 449 g/mol. The zero-order valence-electron chi connectivity index (χ0n) is 18.7. The van der Waals surface area contributed by atoms with Crippen LogP contribution in [0, 0.1) is 12.7 Å². The molecule has 0 radical (unpaired) electrons. The van der Waals surface area contributed by atoms with Crippen molar-refractivity contribution in [2.45, 2.75) is 32.9 Å². The Kier molecular flexibility index (Phi) is 6.09. The third-order valence-electron chi connectivity index (χ3n) is 5.41. The molecule has 4 aromatic rings. The summed E-state index contributed by atoms with van der Waals surface area (Å²) in [5.41, 5.74) is 3.70. The fourth-order valence-corrected chi connectivity index (χ4v) is 3.68. The number of fused-ring (bicyclic) bond motifs is 1. The van der Waals surface area contributed by atoms with Crippen molar-refractivity contribution in [2.24, 2.45) is 0 Å². The summed E-state index contributed by atoms with van der Waals surface area (Å²) in [5.74, 6) is -0.539. The number of pyridine rings is 1. The standard InChI is InChI=1S/C25H25F2N5O/c1-15-11-21(26)22(31-24(33)29-10-8-25(2,3)27)13-19(15)17-6-4-5-16(12-17)18-7-9-28-23-20(18)14-30-32-23/h4-7,9,11-14H,8,10H2,1-3H3,(H,28,30,32)(H2,29,31,33). The normalized spacial score (nSPS) is 11.5. The van der Waals surface area contributed by atoms with Crippen molar-refractivity contribution >= 4 is 22.8 Å². The van der Waals surface area contributed by atoms with Gasteiger partial charge in [0, 0.05) is 18.1 Å². The van der Waals surface area contributed by atoms with Gasteiger partial charge >= 0.3 is 6.03 Å². The molecule has 170 valence electrons. The maximum Gasteiger partial charge on any atom is 0.319 e. The second-order valence-electron chi connectivity index (χ2n) is 8.57. The summed E-state index contributed by atoms with van der Waals surface area (Å²) < 4.78 is 28.2. The van der Waals surface area contributed by atoms with Gasteiger partial charge in [-0.05, 0) is 79.3 Å². The Balaban J connectivity index is 1.61. The highest BCUT2D eigenvalue weighted by molar-refractivity contribution is 5.94. The average Bonchev–Trinajstić information content (AvgIpc) is 3.24. The van der Waals surface area contributed by atoms with Gasteiger partial charge in [-0.15, -0.1) is 0 Å². The number of aryl methyl sites for hydroxylation is 1. The Labute approximate surface area is 190 Å². The minimum absolute atomic E-state index is 0.0548. The van der Waals surface area contributed by atoms with Crippen molar-refractivity contribution in [3.8, 4) is 22.3 Å². The van der Waals surface area contributed by atoms with Crippen LogP contribution >= 0.6 is 0 Å². The number of carbonyl (C=O) groups excluding carboxylic acids is 1. The zero-order chi connectivity index (χ0) is 23.6. The number of hydrogen-bond acceptors (Lipinski definition) is 3. The molecule has 33 heavy (non-hydrogen) atoms. The second kappa shape index (κ2) is 8.97. The van der Waals surface area contributed by atoms with Crippen LogP contribution in [0.15, 0.2) is 54.9 Å². The van der Waals surface area contributed by atoms with Crippen LogP contribution in [-0.2, 0) is 0 Å². The summed E-state index contributed by atoms with van der Waals surface area (Å²) in [6.45, 7) is 4.84. The molecule has 0 atom stereocenters. The number of H-pyrrole nitrogens is 1. The van der Waals surface area contributed by atoms with E-state index in [0.29, 0.717) is 5.65 Å². The molecule has 8 heteroatoms. The van der Waals surface area contributed by atoms with Crippen LogP contribution in [0.25, 0.3) is 33.3 Å². The van der Waals surface area contributed by atoms with E-state index in [0.717, 1.165) is 33.2 Å². The quantitative estimate of drug-likeness (QED) is 0.338. The minimum atomic E-state index is -1.39. The number of nitrogens with zero attached hydrogens (tertiary/aromatic N) is 2. The fraction of sp³-hybridized carbons (Fsp3) is 0.240. The third-order valence-corrected chi connectivity index (χ3v) is 5.41. The Morgan fingerprint density at radius 1 is 1.12 bits per heavy atom. The van der Waals surface area contributed by atoms with Crippen LogP contribution in [0.1, 0.15) is 25.8 Å². The van der Waals surface area contributed by atoms with Gasteiger partial charge in [-0.3, -0.25) is 5.10 Å². The van der Waals surface area contributed by atoms with Gasteiger partial charge in [-0.1, -0.05) is 18.2 Å². The van der Waals surface area contributed by atoms with E-state index in [9.17, 15) is 13.6 Å². The van der Waals surface area contributed by atoms with Crippen LogP contribution in [0.3, 0.4) is 0 Å². The molecule has 0 bridgehead atoms. The lowest BCUT2D eigenvalue weighted by Gasteiger charge is -2.16. The number of urea groups is 1. The van der Waals surface area contributed by atoms with Gasteiger partial charge in [0.05, 0.1) is 11.9 Å². The molecule has 0 saturated heterocycles. The highest BCUT2D eigenvalue weighted by atomic mass is 19.1. The molecule has 0 saturated carbocycles. The van der Waals surface area contributed by atoms with E-state index in [-0.39, 0.29) is 18.7 Å². The predicted molar refractivity (Wildman–Crippen MR) is 126 cm³/mol. The van der Waals surface area contributed by atoms with Crippen LogP contribution in [0.4, 0.5) is 19.3 Å². The van der Waals surface area contributed by atoms with Crippen LogP contribution in [-0.4, -0.2) is 33.4 Å². The summed E-state index contributed by atoms with van der Waals surface area (Å²) in [7, 11) is 0. The first kappa shape index (κ1) is 22.4. The first-order chi connectivity index (χ1) is 15.7. The number of aromatic nitrogens is 3. The van der Waals surface area contributed by atoms with E-state index in [1.54, 1.807) is 18.5 Å². The molecule has 0 aliphatic heterocycles. The van der Waals surface area contributed by atoms with Crippen LogP contribution in [0.2, 0.25) is 0 Å². The Morgan fingerprint density at radius 3 is 2.64 bits per heavy atom. The maximum atomic E-state index is 14.6. The highest BCUT2D eigenvalue weighted by Crippen LogP contribution is 2.33. The smallest absolute Gasteiger partial charge is 0.319 e. The molecular formula is C25H25F2N5O. The number of amides is 2. The van der Waals surface area contributed by atoms with Crippen LogP contribution < -0.4 is 10.6 Å². The minimum Gasteiger partial charge on any atom is -0.338 e. The Hall–Kier alpha value is -3.81. The van der Waals surface area contributed by atoms with Gasteiger partial charge in [-0.2, -0.15) is 5.10 Å². The number of benzene rings is 2. The van der Waals surface area contributed by atoms with Gasteiger partial charge in [0.1, 0.15) is 11.5 Å². The number of halogens is 2. The lowest BCUT2D eigenvalue weighted by Crippen LogP contribution is -2.32. The van der Waals surface area contributed by atoms with Crippen molar-refractivity contribution in [2.75, 3.05) is 11.9 Å². The van der Waals surface area contributed by atoms with Crippen molar-refractivity contribution in [3.63, 3.8) is 0 Å². The molecule has 0 fully saturated rings. The number of aromatic amines is 1. The predicted octanol–water partition coefficient (Wildman–Crippen LogP) is 6.00. The Bertz CT molecular complexity index is 1310. The summed E-state index contributed by atoms with van der Waals surface area (Å²) in [6.07, 6.45) is 3.61. The van der Waals surface area contributed by atoms with Crippen molar-refractivity contribution in [1.82, 2.24) is 20.5 Å². The molecule has 4 rings (SSSR count). The summed E-state index contributed by atoms with van der Waals surface area (Å²) in [6, 6.07) is 12.2. The molecule has 0 aliphatic rings. The van der Waals surface area contributed by atoms with Crippen molar-refractivity contribution in [1.29, 1.82) is 0 Å². The summed E-state index contributed by atoms with van der Waals surface area (Å²) >= 11 is 0. The van der Waals surface area contributed by atoms with Crippen molar-refractivity contribution in [3.05, 3.63) is 66.2 Å². The molecule has 2 amide bonds. The SMILES string of the molecule is Cc1cc(F)c(NC(=O)NCCC(C)(C)F)cc1-c1cccc(-c2ccnc3[nH]ncc23)c1. The average molecular weight is 450 g/mol. The third kappa shape index (κ3) is 5.16. The summed E-state index contributed by atoms with van der Waals surface area (Å²) in [5, 5.41) is 12.9. The topological polar surface area (TPSA) is 82.7 Å². The highest BCUT2D eigenvalue weighted by Gasteiger charge is 2.16. The molecule has 2 aromatic heterocycles. The number of carbonyl (C=O) groups is 1. The van der Waals surface area contributed by atoms with Crippen molar-refractivity contribution < 1.29 is 13.6 Å². The lowest BCUT2D eigenvalue weighted by atomic mass is 9.95. The molecule has 2 aromatic carbocycles. The zero-order valence-corrected chi connectivity index (χ0v) is 18.7. The Morgan fingerprint density at radius 2 is 1.88 bits per heavy atom. The molecule has 3 N–H and O–H groups in total. The first-order valence-electron chi connectivity index (χ1n) is 10.6. The van der Waals surface area contributed by atoms with Gasteiger partial charge in [0.2, 0.25) is 0 Å². The molecule has 2 heterocycles. The van der Waals surface area contributed by atoms with Gasteiger partial charge in [-0.25, -0.2) is 18.6 Å². The van der Waals surface area contributed by atoms with E-state index >= 15 is 0 Å². The molecule has 6 nitrogen and oxygen atoms in total. The van der Waals surface area contributed by atoms with E-state index in [4.69, 9.17) is 0 Å². The fourth-order valence-electron chi connectivity index (χ4n) is 3.68. The van der Waals surface area contributed by atoms with Gasteiger partial charge < -0.3 is 10.6 Å². The lowest BCUT2D eigenvalue weighted by molar-refractivity contribution is 0.200.